The number of ketones is 1. The van der Waals surface area contributed by atoms with Gasteiger partial charge in [0, 0.05) is 11.8 Å². The van der Waals surface area contributed by atoms with Crippen LogP contribution in [0.15, 0.2) is 18.2 Å². The number of nitrogens with zero attached hydrogens (tertiary/aromatic N) is 1. The zero-order valence-electron chi connectivity index (χ0n) is 11.1. The van der Waals surface area contributed by atoms with Crippen LogP contribution < -0.4 is 14.8 Å². The highest BCUT2D eigenvalue weighted by molar-refractivity contribution is 7.10. The van der Waals surface area contributed by atoms with Crippen molar-refractivity contribution in [3.8, 4) is 11.5 Å². The highest BCUT2D eigenvalue weighted by Crippen LogP contribution is 2.43. The number of fused-ring (bicyclic) bond motifs is 1. The van der Waals surface area contributed by atoms with Gasteiger partial charge in [0.1, 0.15) is 5.00 Å². The van der Waals surface area contributed by atoms with Crippen molar-refractivity contribution < 1.29 is 23.0 Å². The summed E-state index contributed by atoms with van der Waals surface area (Å²) in [5.74, 6) is -0.204. The van der Waals surface area contributed by atoms with Crippen molar-refractivity contribution in [2.75, 3.05) is 5.32 Å². The molecule has 0 aliphatic carbocycles. The van der Waals surface area contributed by atoms with Crippen LogP contribution in [-0.2, 0) is 0 Å². The van der Waals surface area contributed by atoms with E-state index in [1.54, 1.807) is 13.0 Å². The van der Waals surface area contributed by atoms with Crippen molar-refractivity contribution in [3.63, 3.8) is 0 Å². The molecule has 8 heteroatoms. The molecule has 1 aliphatic heterocycles. The Hall–Kier alpha value is -2.22. The maximum absolute atomic E-state index is 13.0. The maximum atomic E-state index is 13.0. The summed E-state index contributed by atoms with van der Waals surface area (Å²) in [6.45, 7) is 3.18. The molecule has 0 unspecified atom stereocenters. The van der Waals surface area contributed by atoms with Crippen LogP contribution >= 0.6 is 11.5 Å². The number of alkyl halides is 2. The van der Waals surface area contributed by atoms with Gasteiger partial charge in [0.05, 0.1) is 11.3 Å². The molecule has 1 aromatic heterocycles. The zero-order valence-corrected chi connectivity index (χ0v) is 11.9. The molecule has 0 bridgehead atoms. The molecule has 0 amide bonds. The number of ether oxygens (including phenoxy) is 2. The molecule has 3 rings (SSSR count). The predicted molar refractivity (Wildman–Crippen MR) is 72.8 cm³/mol. The van der Waals surface area contributed by atoms with Gasteiger partial charge in [-0.3, -0.25) is 4.79 Å². The van der Waals surface area contributed by atoms with Crippen molar-refractivity contribution >= 4 is 28.0 Å². The smallest absolute Gasteiger partial charge is 0.395 e. The molecule has 0 saturated carbocycles. The standard InChI is InChI=1S/C13H10F2N2O3S/c1-6-11(7(2)18)12(21-17-6)16-8-3-4-9-10(5-8)20-13(14,15)19-9/h3-5,16H,1-2H3. The molecule has 0 radical (unpaired) electrons. The van der Waals surface area contributed by atoms with E-state index >= 15 is 0 Å². The van der Waals surface area contributed by atoms with Gasteiger partial charge in [-0.15, -0.1) is 8.78 Å². The van der Waals surface area contributed by atoms with Crippen molar-refractivity contribution in [1.82, 2.24) is 4.37 Å². The lowest BCUT2D eigenvalue weighted by Crippen LogP contribution is -2.25. The van der Waals surface area contributed by atoms with Gasteiger partial charge in [0.25, 0.3) is 0 Å². The van der Waals surface area contributed by atoms with E-state index in [9.17, 15) is 13.6 Å². The molecule has 2 heterocycles. The first-order valence-corrected chi connectivity index (χ1v) is 6.77. The Morgan fingerprint density at radius 1 is 1.33 bits per heavy atom. The van der Waals surface area contributed by atoms with E-state index in [1.165, 1.54) is 19.1 Å². The van der Waals surface area contributed by atoms with E-state index in [4.69, 9.17) is 0 Å². The van der Waals surface area contributed by atoms with Gasteiger partial charge < -0.3 is 14.8 Å². The van der Waals surface area contributed by atoms with Crippen LogP contribution in [0.1, 0.15) is 23.0 Å². The monoisotopic (exact) mass is 312 g/mol. The lowest BCUT2D eigenvalue weighted by Gasteiger charge is -2.06. The molecule has 1 aliphatic rings. The van der Waals surface area contributed by atoms with Gasteiger partial charge in [-0.05, 0) is 37.5 Å². The summed E-state index contributed by atoms with van der Waals surface area (Å²) in [7, 11) is 0. The van der Waals surface area contributed by atoms with Crippen LogP contribution in [0.25, 0.3) is 0 Å². The molecule has 5 nitrogen and oxygen atoms in total. The number of carbonyl (C=O) groups is 1. The lowest BCUT2D eigenvalue weighted by atomic mass is 10.2. The maximum Gasteiger partial charge on any atom is 0.586 e. The molecule has 110 valence electrons. The Bertz CT molecular complexity index is 730. The largest absolute Gasteiger partial charge is 0.586 e. The summed E-state index contributed by atoms with van der Waals surface area (Å²) in [6, 6.07) is 4.32. The number of anilines is 2. The minimum Gasteiger partial charge on any atom is -0.395 e. The number of benzene rings is 1. The van der Waals surface area contributed by atoms with Gasteiger partial charge in [0.15, 0.2) is 17.3 Å². The predicted octanol–water partition coefficient (Wildman–Crippen LogP) is 3.72. The van der Waals surface area contributed by atoms with E-state index < -0.39 is 6.29 Å². The Morgan fingerprint density at radius 3 is 2.76 bits per heavy atom. The van der Waals surface area contributed by atoms with Gasteiger partial charge in [-0.1, -0.05) is 0 Å². The second kappa shape index (κ2) is 4.66. The summed E-state index contributed by atoms with van der Waals surface area (Å²) in [5, 5.41) is 3.55. The molecule has 0 fully saturated rings. The van der Waals surface area contributed by atoms with Crippen LogP contribution in [0.5, 0.6) is 11.5 Å². The summed E-state index contributed by atoms with van der Waals surface area (Å²) in [6.07, 6.45) is -3.65. The normalized spacial score (nSPS) is 15.0. The van der Waals surface area contributed by atoms with Crippen LogP contribution in [0.3, 0.4) is 0 Å². The van der Waals surface area contributed by atoms with Crippen molar-refractivity contribution in [1.29, 1.82) is 0 Å². The van der Waals surface area contributed by atoms with Crippen LogP contribution in [0.2, 0.25) is 0 Å². The summed E-state index contributed by atoms with van der Waals surface area (Å²) < 4.78 is 38.7. The first-order valence-electron chi connectivity index (χ1n) is 6.00. The number of aryl methyl sites for hydroxylation is 1. The molecular formula is C13H10F2N2O3S. The third-order valence-electron chi connectivity index (χ3n) is 2.87. The number of halogens is 2. The fourth-order valence-electron chi connectivity index (χ4n) is 2.03. The second-order valence-electron chi connectivity index (χ2n) is 4.48. The SMILES string of the molecule is CC(=O)c1c(C)nsc1Nc1ccc2c(c1)OC(F)(F)O2. The fraction of sp³-hybridized carbons (Fsp3) is 0.231. The molecule has 0 spiro atoms. The number of aromatic nitrogens is 1. The van der Waals surface area contributed by atoms with Crippen molar-refractivity contribution in [2.24, 2.45) is 0 Å². The summed E-state index contributed by atoms with van der Waals surface area (Å²) >= 11 is 1.13. The summed E-state index contributed by atoms with van der Waals surface area (Å²) in [5.41, 5.74) is 1.62. The highest BCUT2D eigenvalue weighted by atomic mass is 32.1. The molecule has 0 atom stereocenters. The van der Waals surface area contributed by atoms with E-state index in [1.807, 2.05) is 0 Å². The Morgan fingerprint density at radius 2 is 2.05 bits per heavy atom. The number of carbonyl (C=O) groups excluding carboxylic acids is 1. The van der Waals surface area contributed by atoms with E-state index in [0.29, 0.717) is 21.9 Å². The molecule has 0 saturated heterocycles. The average Bonchev–Trinajstić information content (AvgIpc) is 2.87. The highest BCUT2D eigenvalue weighted by Gasteiger charge is 2.43. The minimum atomic E-state index is -3.65. The number of Topliss-reactive ketones (excluding diaryl/α,β-unsaturated/α-hetero) is 1. The van der Waals surface area contributed by atoms with Crippen LogP contribution in [0.4, 0.5) is 19.5 Å². The molecular weight excluding hydrogens is 302 g/mol. The number of rotatable bonds is 3. The fourth-order valence-corrected chi connectivity index (χ4v) is 2.89. The summed E-state index contributed by atoms with van der Waals surface area (Å²) in [4.78, 5) is 11.6. The number of hydrogen-bond donors (Lipinski definition) is 1. The van der Waals surface area contributed by atoms with Crippen molar-refractivity contribution in [3.05, 3.63) is 29.5 Å². The Labute approximate surface area is 122 Å². The number of hydrogen-bond acceptors (Lipinski definition) is 6. The van der Waals surface area contributed by atoms with Gasteiger partial charge in [-0.25, -0.2) is 0 Å². The van der Waals surface area contributed by atoms with Crippen molar-refractivity contribution in [2.45, 2.75) is 20.1 Å². The minimum absolute atomic E-state index is 0.0298. The average molecular weight is 312 g/mol. The molecule has 21 heavy (non-hydrogen) atoms. The molecule has 2 aromatic rings. The van der Waals surface area contributed by atoms with Gasteiger partial charge >= 0.3 is 6.29 Å². The first kappa shape index (κ1) is 13.7. The quantitative estimate of drug-likeness (QED) is 0.875. The van der Waals surface area contributed by atoms with Crippen LogP contribution in [-0.4, -0.2) is 16.5 Å². The van der Waals surface area contributed by atoms with Gasteiger partial charge in [0.2, 0.25) is 0 Å². The van der Waals surface area contributed by atoms with E-state index in [-0.39, 0.29) is 17.3 Å². The van der Waals surface area contributed by atoms with Gasteiger partial charge in [-0.2, -0.15) is 4.37 Å². The topological polar surface area (TPSA) is 60.5 Å². The number of nitrogens with one attached hydrogen (secondary N) is 1. The third-order valence-corrected chi connectivity index (χ3v) is 3.73. The van der Waals surface area contributed by atoms with E-state index in [2.05, 4.69) is 19.2 Å². The first-order chi connectivity index (χ1) is 9.85. The molecule has 1 N–H and O–H groups in total. The second-order valence-corrected chi connectivity index (χ2v) is 5.26. The van der Waals surface area contributed by atoms with E-state index in [0.717, 1.165) is 11.5 Å². The Balaban J connectivity index is 1.89. The zero-order chi connectivity index (χ0) is 15.2. The molecule has 1 aromatic carbocycles. The van der Waals surface area contributed by atoms with Crippen LogP contribution in [0, 0.1) is 6.92 Å². The Kier molecular flexibility index (Phi) is 3.05. The third kappa shape index (κ3) is 2.54. The lowest BCUT2D eigenvalue weighted by molar-refractivity contribution is -0.286.